The van der Waals surface area contributed by atoms with E-state index < -0.39 is 10.0 Å². The number of benzene rings is 1. The first-order chi connectivity index (χ1) is 15.4. The van der Waals surface area contributed by atoms with Crippen LogP contribution in [0.1, 0.15) is 32.2 Å². The molecule has 0 spiro atoms. The number of aryl methyl sites for hydroxylation is 1. The Morgan fingerprint density at radius 1 is 1.12 bits per heavy atom. The Balaban J connectivity index is 1.48. The van der Waals surface area contributed by atoms with Gasteiger partial charge >= 0.3 is 0 Å². The normalized spacial score (nSPS) is 15.1. The minimum Gasteiger partial charge on any atom is -0.347 e. The van der Waals surface area contributed by atoms with Crippen LogP contribution in [0.25, 0.3) is 0 Å². The number of hydrogen-bond acceptors (Lipinski definition) is 6. The monoisotopic (exact) mass is 490 g/mol. The number of rotatable bonds is 7. The quantitative estimate of drug-likeness (QED) is 0.550. The molecule has 170 valence electrons. The van der Waals surface area contributed by atoms with Crippen LogP contribution in [0.3, 0.4) is 0 Å². The van der Waals surface area contributed by atoms with Gasteiger partial charge in [0.1, 0.15) is 9.77 Å². The molecule has 0 aliphatic carbocycles. The fourth-order valence-corrected chi connectivity index (χ4v) is 7.63. The summed E-state index contributed by atoms with van der Waals surface area (Å²) in [5.41, 5.74) is 3.93. The molecule has 10 heteroatoms. The van der Waals surface area contributed by atoms with Crippen LogP contribution >= 0.6 is 23.1 Å². The van der Waals surface area contributed by atoms with Gasteiger partial charge in [-0.1, -0.05) is 30.3 Å². The van der Waals surface area contributed by atoms with E-state index in [1.165, 1.54) is 10.4 Å². The third-order valence-corrected chi connectivity index (χ3v) is 9.48. The second-order valence-corrected chi connectivity index (χ2v) is 11.7. The predicted molar refractivity (Wildman–Crippen MR) is 129 cm³/mol. The summed E-state index contributed by atoms with van der Waals surface area (Å²) in [6.45, 7) is 5.81. The lowest BCUT2D eigenvalue weighted by Gasteiger charge is -2.25. The highest BCUT2D eigenvalue weighted by Gasteiger charge is 2.31. The molecule has 0 unspecified atom stereocenters. The average molecular weight is 491 g/mol. The number of aromatic nitrogens is 2. The van der Waals surface area contributed by atoms with Gasteiger partial charge in [-0.25, -0.2) is 8.42 Å². The van der Waals surface area contributed by atoms with Crippen LogP contribution in [0.4, 0.5) is 0 Å². The van der Waals surface area contributed by atoms with Gasteiger partial charge in [0.25, 0.3) is 5.91 Å². The van der Waals surface area contributed by atoms with Crippen LogP contribution in [0.5, 0.6) is 0 Å². The molecule has 32 heavy (non-hydrogen) atoms. The molecule has 0 atom stereocenters. The molecule has 1 aliphatic rings. The maximum atomic E-state index is 13.1. The van der Waals surface area contributed by atoms with Crippen molar-refractivity contribution in [1.29, 1.82) is 0 Å². The van der Waals surface area contributed by atoms with E-state index in [2.05, 4.69) is 22.5 Å². The lowest BCUT2D eigenvalue weighted by molar-refractivity contribution is 0.0951. The van der Waals surface area contributed by atoms with Crippen molar-refractivity contribution >= 4 is 39.0 Å². The first kappa shape index (κ1) is 23.0. The van der Waals surface area contributed by atoms with Gasteiger partial charge in [0, 0.05) is 42.4 Å². The maximum Gasteiger partial charge on any atom is 0.263 e. The Morgan fingerprint density at radius 3 is 2.56 bits per heavy atom. The average Bonchev–Trinajstić information content (AvgIpc) is 3.39. The Morgan fingerprint density at radius 2 is 1.84 bits per heavy atom. The summed E-state index contributed by atoms with van der Waals surface area (Å²) in [5.74, 6) is 1.17. The van der Waals surface area contributed by atoms with Crippen LogP contribution in [0.2, 0.25) is 0 Å². The van der Waals surface area contributed by atoms with Crippen molar-refractivity contribution in [3.8, 4) is 0 Å². The van der Waals surface area contributed by atoms with Gasteiger partial charge in [0.05, 0.1) is 12.2 Å². The largest absolute Gasteiger partial charge is 0.347 e. The van der Waals surface area contributed by atoms with Crippen molar-refractivity contribution in [1.82, 2.24) is 19.4 Å². The van der Waals surface area contributed by atoms with Crippen LogP contribution in [-0.2, 0) is 23.1 Å². The second kappa shape index (κ2) is 9.78. The van der Waals surface area contributed by atoms with Crippen LogP contribution in [0.15, 0.2) is 46.7 Å². The molecule has 3 aromatic rings. The third kappa shape index (κ3) is 4.78. The fourth-order valence-electron chi connectivity index (χ4n) is 3.74. The number of nitrogens with zero attached hydrogens (tertiary/aromatic N) is 3. The van der Waals surface area contributed by atoms with Gasteiger partial charge in [0.2, 0.25) is 10.0 Å². The molecule has 0 saturated carbocycles. The topological polar surface area (TPSA) is 84.3 Å². The zero-order chi connectivity index (χ0) is 22.7. The highest BCUT2D eigenvalue weighted by Crippen LogP contribution is 2.27. The third-order valence-electron chi connectivity index (χ3n) is 5.56. The van der Waals surface area contributed by atoms with E-state index in [4.69, 9.17) is 0 Å². The predicted octanol–water partition coefficient (Wildman–Crippen LogP) is 3.28. The molecule has 1 amide bonds. The van der Waals surface area contributed by atoms with E-state index in [1.807, 2.05) is 36.7 Å². The summed E-state index contributed by atoms with van der Waals surface area (Å²) in [4.78, 5) is 13.3. The number of hydrogen-bond donors (Lipinski definition) is 1. The van der Waals surface area contributed by atoms with Gasteiger partial charge in [-0.2, -0.15) is 21.2 Å². The van der Waals surface area contributed by atoms with Crippen molar-refractivity contribution in [3.05, 3.63) is 69.2 Å². The van der Waals surface area contributed by atoms with Gasteiger partial charge in [0.15, 0.2) is 0 Å². The SMILES string of the molecule is Cc1nn(Cc2ccccc2)c(C)c1CNC(=O)c1sccc1S(=O)(=O)N1CCSCC1. The molecule has 1 aromatic carbocycles. The van der Waals surface area contributed by atoms with Gasteiger partial charge in [-0.05, 0) is 30.9 Å². The number of amides is 1. The van der Waals surface area contributed by atoms with Crippen molar-refractivity contribution in [2.45, 2.75) is 31.8 Å². The summed E-state index contributed by atoms with van der Waals surface area (Å²) >= 11 is 2.90. The van der Waals surface area contributed by atoms with E-state index in [0.717, 1.165) is 45.4 Å². The molecule has 2 aromatic heterocycles. The fraction of sp³-hybridized carbons (Fsp3) is 0.364. The molecule has 4 rings (SSSR count). The Bertz CT molecular complexity index is 1200. The molecule has 1 saturated heterocycles. The molecule has 3 heterocycles. The number of carbonyl (C=O) groups excluding carboxylic acids is 1. The smallest absolute Gasteiger partial charge is 0.263 e. The highest BCUT2D eigenvalue weighted by molar-refractivity contribution is 7.99. The van der Waals surface area contributed by atoms with E-state index in [0.29, 0.717) is 26.2 Å². The maximum absolute atomic E-state index is 13.1. The van der Waals surface area contributed by atoms with Crippen LogP contribution in [0, 0.1) is 13.8 Å². The van der Waals surface area contributed by atoms with E-state index in [9.17, 15) is 13.2 Å². The highest BCUT2D eigenvalue weighted by atomic mass is 32.2. The zero-order valence-electron chi connectivity index (χ0n) is 18.1. The number of thioether (sulfide) groups is 1. The van der Waals surface area contributed by atoms with Crippen LogP contribution < -0.4 is 5.32 Å². The molecule has 7 nitrogen and oxygen atoms in total. The number of nitrogens with one attached hydrogen (secondary N) is 1. The molecular formula is C22H26N4O3S3. The molecule has 1 fully saturated rings. The second-order valence-electron chi connectivity index (χ2n) is 7.61. The molecule has 1 N–H and O–H groups in total. The summed E-state index contributed by atoms with van der Waals surface area (Å²) in [7, 11) is -3.67. The lowest BCUT2D eigenvalue weighted by atomic mass is 10.2. The first-order valence-electron chi connectivity index (χ1n) is 10.4. The van der Waals surface area contributed by atoms with E-state index in [-0.39, 0.29) is 15.7 Å². The number of sulfonamides is 1. The van der Waals surface area contributed by atoms with Crippen molar-refractivity contribution in [3.63, 3.8) is 0 Å². The number of carbonyl (C=O) groups is 1. The van der Waals surface area contributed by atoms with Gasteiger partial charge in [-0.3, -0.25) is 9.48 Å². The first-order valence-corrected chi connectivity index (χ1v) is 13.9. The molecule has 0 bridgehead atoms. The van der Waals surface area contributed by atoms with Crippen molar-refractivity contribution in [2.24, 2.45) is 0 Å². The summed E-state index contributed by atoms with van der Waals surface area (Å²) in [5, 5.41) is 9.20. The molecular weight excluding hydrogens is 464 g/mol. The summed E-state index contributed by atoms with van der Waals surface area (Å²) in [6, 6.07) is 11.6. The van der Waals surface area contributed by atoms with E-state index >= 15 is 0 Å². The van der Waals surface area contributed by atoms with Crippen molar-refractivity contribution in [2.75, 3.05) is 24.6 Å². The number of thiophene rings is 1. The Kier molecular flexibility index (Phi) is 7.04. The Hall–Kier alpha value is -2.14. The summed E-state index contributed by atoms with van der Waals surface area (Å²) < 4.78 is 29.5. The van der Waals surface area contributed by atoms with Gasteiger partial charge < -0.3 is 5.32 Å². The van der Waals surface area contributed by atoms with Gasteiger partial charge in [-0.15, -0.1) is 11.3 Å². The summed E-state index contributed by atoms with van der Waals surface area (Å²) in [6.07, 6.45) is 0. The lowest BCUT2D eigenvalue weighted by Crippen LogP contribution is -2.38. The molecule has 0 radical (unpaired) electrons. The van der Waals surface area contributed by atoms with Crippen molar-refractivity contribution < 1.29 is 13.2 Å². The molecule has 1 aliphatic heterocycles. The minimum absolute atomic E-state index is 0.0973. The van der Waals surface area contributed by atoms with Crippen LogP contribution in [-0.4, -0.2) is 53.0 Å². The van der Waals surface area contributed by atoms with E-state index in [1.54, 1.807) is 17.1 Å². The zero-order valence-corrected chi connectivity index (χ0v) is 20.5. The Labute approximate surface area is 196 Å². The minimum atomic E-state index is -3.67. The standard InChI is InChI=1S/C22H26N4O3S3/c1-16-19(17(2)26(24-16)15-18-6-4-3-5-7-18)14-23-22(27)21-20(8-11-31-21)32(28,29)25-9-12-30-13-10-25/h3-8,11H,9-10,12-15H2,1-2H3,(H,23,27).